The summed E-state index contributed by atoms with van der Waals surface area (Å²) < 4.78 is 0. The SMILES string of the molecule is CN1CCC(c2ccc(-c3ncc(C4CC4)s3)nc2)CC1. The lowest BCUT2D eigenvalue weighted by Crippen LogP contribution is -2.29. The van der Waals surface area contributed by atoms with E-state index < -0.39 is 0 Å². The van der Waals surface area contributed by atoms with Gasteiger partial charge in [-0.05, 0) is 69.3 Å². The van der Waals surface area contributed by atoms with Crippen LogP contribution in [0.1, 0.15) is 48.0 Å². The van der Waals surface area contributed by atoms with Crippen LogP contribution in [-0.2, 0) is 0 Å². The summed E-state index contributed by atoms with van der Waals surface area (Å²) in [6.45, 7) is 2.40. The lowest BCUT2D eigenvalue weighted by Gasteiger charge is -2.28. The van der Waals surface area contributed by atoms with Crippen molar-refractivity contribution in [3.8, 4) is 10.7 Å². The van der Waals surface area contributed by atoms with E-state index in [1.807, 2.05) is 17.5 Å². The summed E-state index contributed by atoms with van der Waals surface area (Å²) in [5.74, 6) is 1.47. The Bertz CT molecular complexity index is 607. The molecule has 3 heterocycles. The fourth-order valence-corrected chi connectivity index (χ4v) is 4.14. The number of aromatic nitrogens is 2. The van der Waals surface area contributed by atoms with Crippen molar-refractivity contribution in [1.82, 2.24) is 14.9 Å². The number of pyridine rings is 1. The van der Waals surface area contributed by atoms with Crippen LogP contribution in [0.2, 0.25) is 0 Å². The van der Waals surface area contributed by atoms with Gasteiger partial charge in [-0.15, -0.1) is 11.3 Å². The Morgan fingerprint density at radius 2 is 1.81 bits per heavy atom. The zero-order valence-electron chi connectivity index (χ0n) is 12.5. The first-order valence-corrected chi connectivity index (χ1v) is 8.72. The molecule has 0 bridgehead atoms. The van der Waals surface area contributed by atoms with Gasteiger partial charge in [0.25, 0.3) is 0 Å². The van der Waals surface area contributed by atoms with Gasteiger partial charge >= 0.3 is 0 Å². The lowest BCUT2D eigenvalue weighted by atomic mass is 9.91. The summed E-state index contributed by atoms with van der Waals surface area (Å²) in [4.78, 5) is 13.1. The van der Waals surface area contributed by atoms with Crippen molar-refractivity contribution < 1.29 is 0 Å². The maximum Gasteiger partial charge on any atom is 0.142 e. The molecule has 2 aromatic heterocycles. The van der Waals surface area contributed by atoms with Crippen molar-refractivity contribution in [2.75, 3.05) is 20.1 Å². The second-order valence-corrected chi connectivity index (χ2v) is 7.46. The molecule has 0 radical (unpaired) electrons. The number of nitrogens with zero attached hydrogens (tertiary/aromatic N) is 3. The van der Waals surface area contributed by atoms with E-state index in [2.05, 4.69) is 40.2 Å². The monoisotopic (exact) mass is 299 g/mol. The van der Waals surface area contributed by atoms with Crippen LogP contribution in [0.25, 0.3) is 10.7 Å². The molecule has 0 amide bonds. The molecule has 2 aromatic rings. The molecule has 0 spiro atoms. The molecule has 3 nitrogen and oxygen atoms in total. The van der Waals surface area contributed by atoms with Crippen molar-refractivity contribution in [2.45, 2.75) is 37.5 Å². The van der Waals surface area contributed by atoms with Crippen molar-refractivity contribution in [2.24, 2.45) is 0 Å². The van der Waals surface area contributed by atoms with E-state index in [0.717, 1.165) is 16.6 Å². The molecule has 110 valence electrons. The Morgan fingerprint density at radius 1 is 1.00 bits per heavy atom. The van der Waals surface area contributed by atoms with E-state index >= 15 is 0 Å². The molecule has 4 rings (SSSR count). The Labute approximate surface area is 130 Å². The predicted molar refractivity (Wildman–Crippen MR) is 86.8 cm³/mol. The number of rotatable bonds is 3. The first-order valence-electron chi connectivity index (χ1n) is 7.90. The van der Waals surface area contributed by atoms with Crippen LogP contribution in [0.4, 0.5) is 0 Å². The van der Waals surface area contributed by atoms with Crippen LogP contribution >= 0.6 is 11.3 Å². The molecule has 0 atom stereocenters. The Balaban J connectivity index is 1.49. The zero-order valence-corrected chi connectivity index (χ0v) is 13.3. The maximum absolute atomic E-state index is 4.67. The van der Waals surface area contributed by atoms with Gasteiger partial charge in [0.1, 0.15) is 5.01 Å². The zero-order chi connectivity index (χ0) is 14.2. The van der Waals surface area contributed by atoms with E-state index in [0.29, 0.717) is 5.92 Å². The van der Waals surface area contributed by atoms with Crippen LogP contribution < -0.4 is 0 Å². The summed E-state index contributed by atoms with van der Waals surface area (Å²) in [6.07, 6.45) is 9.29. The van der Waals surface area contributed by atoms with Gasteiger partial charge in [0.05, 0.1) is 5.69 Å². The van der Waals surface area contributed by atoms with Crippen molar-refractivity contribution in [3.05, 3.63) is 35.0 Å². The molecule has 0 N–H and O–H groups in total. The average molecular weight is 299 g/mol. The van der Waals surface area contributed by atoms with Gasteiger partial charge < -0.3 is 4.90 Å². The van der Waals surface area contributed by atoms with Crippen LogP contribution in [0.3, 0.4) is 0 Å². The Morgan fingerprint density at radius 3 is 2.48 bits per heavy atom. The molecule has 0 unspecified atom stereocenters. The Kier molecular flexibility index (Phi) is 3.51. The third-order valence-corrected chi connectivity index (χ3v) is 5.88. The number of hydrogen-bond acceptors (Lipinski definition) is 4. The van der Waals surface area contributed by atoms with Gasteiger partial charge in [-0.3, -0.25) is 4.98 Å². The molecule has 1 aliphatic heterocycles. The molecule has 2 aliphatic rings. The quantitative estimate of drug-likeness (QED) is 0.861. The van der Waals surface area contributed by atoms with E-state index in [1.165, 1.54) is 49.2 Å². The minimum atomic E-state index is 0.682. The normalized spacial score (nSPS) is 20.8. The second-order valence-electron chi connectivity index (χ2n) is 6.40. The van der Waals surface area contributed by atoms with E-state index in [-0.39, 0.29) is 0 Å². The summed E-state index contributed by atoms with van der Waals surface area (Å²) in [5, 5.41) is 1.08. The van der Waals surface area contributed by atoms with Gasteiger partial charge in [-0.1, -0.05) is 6.07 Å². The third kappa shape index (κ3) is 2.87. The van der Waals surface area contributed by atoms with Crippen molar-refractivity contribution in [3.63, 3.8) is 0 Å². The van der Waals surface area contributed by atoms with Crippen molar-refractivity contribution >= 4 is 11.3 Å². The van der Waals surface area contributed by atoms with Crippen LogP contribution in [0.15, 0.2) is 24.5 Å². The van der Waals surface area contributed by atoms with Crippen LogP contribution in [0.5, 0.6) is 0 Å². The lowest BCUT2D eigenvalue weighted by molar-refractivity contribution is 0.255. The molecular formula is C17H21N3S. The van der Waals surface area contributed by atoms with Crippen molar-refractivity contribution in [1.29, 1.82) is 0 Å². The number of hydrogen-bond donors (Lipinski definition) is 0. The molecular weight excluding hydrogens is 278 g/mol. The summed E-state index contributed by atoms with van der Waals surface area (Å²) in [5.41, 5.74) is 2.43. The molecule has 0 aromatic carbocycles. The van der Waals surface area contributed by atoms with Gasteiger partial charge in [-0.25, -0.2) is 4.98 Å². The summed E-state index contributed by atoms with van der Waals surface area (Å²) in [7, 11) is 2.21. The first kappa shape index (κ1) is 13.4. The van der Waals surface area contributed by atoms with Gasteiger partial charge in [-0.2, -0.15) is 0 Å². The molecule has 2 fully saturated rings. The molecule has 1 saturated carbocycles. The number of likely N-dealkylation sites (tertiary alicyclic amines) is 1. The third-order valence-electron chi connectivity index (χ3n) is 4.70. The summed E-state index contributed by atoms with van der Waals surface area (Å²) >= 11 is 1.82. The van der Waals surface area contributed by atoms with E-state index in [1.54, 1.807) is 0 Å². The molecule has 21 heavy (non-hydrogen) atoms. The smallest absolute Gasteiger partial charge is 0.142 e. The highest BCUT2D eigenvalue weighted by atomic mass is 32.1. The highest BCUT2D eigenvalue weighted by molar-refractivity contribution is 7.15. The summed E-state index contributed by atoms with van der Waals surface area (Å²) in [6, 6.07) is 4.42. The predicted octanol–water partition coefficient (Wildman–Crippen LogP) is 3.89. The average Bonchev–Trinajstić information content (AvgIpc) is 3.26. The van der Waals surface area contributed by atoms with Gasteiger partial charge in [0.15, 0.2) is 0 Å². The van der Waals surface area contributed by atoms with Crippen LogP contribution in [0, 0.1) is 0 Å². The topological polar surface area (TPSA) is 29.0 Å². The first-order chi connectivity index (χ1) is 10.3. The Hall–Kier alpha value is -1.26. The maximum atomic E-state index is 4.67. The highest BCUT2D eigenvalue weighted by Crippen LogP contribution is 2.43. The highest BCUT2D eigenvalue weighted by Gasteiger charge is 2.26. The minimum absolute atomic E-state index is 0.682. The molecule has 1 saturated heterocycles. The fraction of sp³-hybridized carbons (Fsp3) is 0.529. The van der Waals surface area contributed by atoms with Gasteiger partial charge in [0.2, 0.25) is 0 Å². The minimum Gasteiger partial charge on any atom is -0.306 e. The number of piperidine rings is 1. The standard InChI is InChI=1S/C17H21N3S/c1-20-8-6-12(7-9-20)14-4-5-15(18-10-14)17-19-11-16(21-17)13-2-3-13/h4-5,10-13H,2-3,6-9H2,1H3. The van der Waals surface area contributed by atoms with Gasteiger partial charge in [0, 0.05) is 17.3 Å². The van der Waals surface area contributed by atoms with E-state index in [4.69, 9.17) is 0 Å². The second kappa shape index (κ2) is 5.50. The number of thiazole rings is 1. The molecule has 1 aliphatic carbocycles. The van der Waals surface area contributed by atoms with E-state index in [9.17, 15) is 0 Å². The molecule has 4 heteroatoms. The van der Waals surface area contributed by atoms with Crippen LogP contribution in [-0.4, -0.2) is 35.0 Å². The fourth-order valence-electron chi connectivity index (χ4n) is 3.08. The largest absolute Gasteiger partial charge is 0.306 e.